The van der Waals surface area contributed by atoms with Crippen LogP contribution in [0.2, 0.25) is 0 Å². The van der Waals surface area contributed by atoms with E-state index in [2.05, 4.69) is 55.3 Å². The Kier molecular flexibility index (Phi) is 6.94. The van der Waals surface area contributed by atoms with Crippen molar-refractivity contribution in [1.29, 1.82) is 0 Å². The highest BCUT2D eigenvalue weighted by molar-refractivity contribution is 5.21. The Labute approximate surface area is 111 Å². The Balaban J connectivity index is 2.25. The van der Waals surface area contributed by atoms with Crippen molar-refractivity contribution in [2.45, 2.75) is 33.4 Å². The van der Waals surface area contributed by atoms with E-state index in [9.17, 15) is 5.11 Å². The third-order valence-corrected chi connectivity index (χ3v) is 3.15. The second-order valence-electron chi connectivity index (χ2n) is 4.76. The van der Waals surface area contributed by atoms with E-state index >= 15 is 0 Å². The maximum Gasteiger partial charge on any atom is 0.0791 e. The number of hydrogen-bond donors (Lipinski definition) is 2. The number of hydrogen-bond acceptors (Lipinski definition) is 3. The van der Waals surface area contributed by atoms with Gasteiger partial charge in [0.05, 0.1) is 6.10 Å². The van der Waals surface area contributed by atoms with Crippen molar-refractivity contribution in [3.8, 4) is 0 Å². The number of likely N-dealkylation sites (N-methyl/N-ethyl adjacent to an activating group) is 1. The van der Waals surface area contributed by atoms with Crippen LogP contribution >= 0.6 is 0 Å². The van der Waals surface area contributed by atoms with Crippen molar-refractivity contribution in [3.05, 3.63) is 35.4 Å². The Hall–Kier alpha value is -0.900. The molecule has 0 aliphatic carbocycles. The standard InChI is InChI=1S/C15H26N2O/c1-4-17(5-2)12-15(18)11-16-10-14-8-6-7-13(3)9-14/h6-9,15-16,18H,4-5,10-12H2,1-3H3. The quantitative estimate of drug-likeness (QED) is 0.738. The molecular formula is C15H26N2O. The average Bonchev–Trinajstić information content (AvgIpc) is 2.36. The van der Waals surface area contributed by atoms with E-state index in [-0.39, 0.29) is 6.10 Å². The van der Waals surface area contributed by atoms with Gasteiger partial charge in [-0.15, -0.1) is 0 Å². The van der Waals surface area contributed by atoms with Gasteiger partial charge >= 0.3 is 0 Å². The fourth-order valence-electron chi connectivity index (χ4n) is 2.05. The molecule has 0 heterocycles. The second kappa shape index (κ2) is 8.25. The van der Waals surface area contributed by atoms with Crippen LogP contribution in [0.5, 0.6) is 0 Å². The summed E-state index contributed by atoms with van der Waals surface area (Å²) in [7, 11) is 0. The van der Waals surface area contributed by atoms with Gasteiger partial charge in [-0.1, -0.05) is 43.7 Å². The predicted molar refractivity (Wildman–Crippen MR) is 76.7 cm³/mol. The van der Waals surface area contributed by atoms with E-state index in [1.807, 2.05) is 0 Å². The molecule has 0 saturated heterocycles. The third kappa shape index (κ3) is 5.63. The lowest BCUT2D eigenvalue weighted by molar-refractivity contribution is 0.116. The number of aliphatic hydroxyl groups is 1. The van der Waals surface area contributed by atoms with Crippen LogP contribution in [0.25, 0.3) is 0 Å². The molecule has 0 fully saturated rings. The normalized spacial score (nSPS) is 12.9. The Bertz CT molecular complexity index is 337. The zero-order valence-corrected chi connectivity index (χ0v) is 11.8. The van der Waals surface area contributed by atoms with Crippen LogP contribution in [0.4, 0.5) is 0 Å². The first-order chi connectivity index (χ1) is 8.65. The molecule has 0 radical (unpaired) electrons. The van der Waals surface area contributed by atoms with Crippen molar-refractivity contribution in [2.75, 3.05) is 26.2 Å². The van der Waals surface area contributed by atoms with E-state index in [1.54, 1.807) is 0 Å². The molecule has 102 valence electrons. The zero-order valence-electron chi connectivity index (χ0n) is 11.8. The summed E-state index contributed by atoms with van der Waals surface area (Å²) in [5.74, 6) is 0. The van der Waals surface area contributed by atoms with Crippen LogP contribution in [0.1, 0.15) is 25.0 Å². The van der Waals surface area contributed by atoms with Crippen LogP contribution in [0, 0.1) is 6.92 Å². The number of benzene rings is 1. The first kappa shape index (κ1) is 15.2. The van der Waals surface area contributed by atoms with Gasteiger partial charge in [-0.3, -0.25) is 0 Å². The fraction of sp³-hybridized carbons (Fsp3) is 0.600. The zero-order chi connectivity index (χ0) is 13.4. The van der Waals surface area contributed by atoms with E-state index in [0.29, 0.717) is 6.54 Å². The van der Waals surface area contributed by atoms with E-state index in [0.717, 1.165) is 26.2 Å². The molecule has 2 N–H and O–H groups in total. The second-order valence-corrected chi connectivity index (χ2v) is 4.76. The first-order valence-corrected chi connectivity index (χ1v) is 6.82. The minimum atomic E-state index is -0.297. The lowest BCUT2D eigenvalue weighted by Gasteiger charge is -2.22. The lowest BCUT2D eigenvalue weighted by atomic mass is 10.1. The molecule has 0 saturated carbocycles. The van der Waals surface area contributed by atoms with Crippen LogP contribution < -0.4 is 5.32 Å². The van der Waals surface area contributed by atoms with Crippen LogP contribution in [-0.4, -0.2) is 42.3 Å². The summed E-state index contributed by atoms with van der Waals surface area (Å²) in [6, 6.07) is 8.44. The summed E-state index contributed by atoms with van der Waals surface area (Å²) in [5, 5.41) is 13.2. The third-order valence-electron chi connectivity index (χ3n) is 3.15. The fourth-order valence-corrected chi connectivity index (χ4v) is 2.05. The molecule has 0 amide bonds. The smallest absolute Gasteiger partial charge is 0.0791 e. The molecule has 1 atom stereocenters. The van der Waals surface area contributed by atoms with Crippen molar-refractivity contribution >= 4 is 0 Å². The largest absolute Gasteiger partial charge is 0.390 e. The van der Waals surface area contributed by atoms with Gasteiger partial charge in [0.2, 0.25) is 0 Å². The van der Waals surface area contributed by atoms with Gasteiger partial charge in [0.15, 0.2) is 0 Å². The molecule has 1 aromatic rings. The highest BCUT2D eigenvalue weighted by Crippen LogP contribution is 2.03. The van der Waals surface area contributed by atoms with Gasteiger partial charge in [-0.25, -0.2) is 0 Å². The van der Waals surface area contributed by atoms with Crippen molar-refractivity contribution in [1.82, 2.24) is 10.2 Å². The molecule has 1 rings (SSSR count). The van der Waals surface area contributed by atoms with E-state index in [1.165, 1.54) is 11.1 Å². The van der Waals surface area contributed by atoms with E-state index in [4.69, 9.17) is 0 Å². The summed E-state index contributed by atoms with van der Waals surface area (Å²) in [5.41, 5.74) is 2.54. The van der Waals surface area contributed by atoms with Gasteiger partial charge in [0.25, 0.3) is 0 Å². The van der Waals surface area contributed by atoms with Crippen LogP contribution in [-0.2, 0) is 6.54 Å². The number of nitrogens with one attached hydrogen (secondary N) is 1. The molecule has 1 aromatic carbocycles. The predicted octanol–water partition coefficient (Wildman–Crippen LogP) is 1.79. The SMILES string of the molecule is CCN(CC)CC(O)CNCc1cccc(C)c1. The van der Waals surface area contributed by atoms with Gasteiger partial charge in [-0.05, 0) is 25.6 Å². The Morgan fingerprint density at radius 3 is 2.61 bits per heavy atom. The van der Waals surface area contributed by atoms with Crippen molar-refractivity contribution in [3.63, 3.8) is 0 Å². The summed E-state index contributed by atoms with van der Waals surface area (Å²) in [4.78, 5) is 2.24. The average molecular weight is 250 g/mol. The molecule has 0 aliphatic rings. The number of aliphatic hydroxyl groups excluding tert-OH is 1. The first-order valence-electron chi connectivity index (χ1n) is 6.82. The molecule has 0 aromatic heterocycles. The summed E-state index contributed by atoms with van der Waals surface area (Å²) < 4.78 is 0. The van der Waals surface area contributed by atoms with Crippen molar-refractivity contribution < 1.29 is 5.11 Å². The van der Waals surface area contributed by atoms with Gasteiger partial charge in [0.1, 0.15) is 0 Å². The lowest BCUT2D eigenvalue weighted by Crippen LogP contribution is -2.38. The number of aryl methyl sites for hydroxylation is 1. The maximum atomic E-state index is 9.91. The van der Waals surface area contributed by atoms with Crippen LogP contribution in [0.15, 0.2) is 24.3 Å². The number of nitrogens with zero attached hydrogens (tertiary/aromatic N) is 1. The molecule has 3 nitrogen and oxygen atoms in total. The molecular weight excluding hydrogens is 224 g/mol. The van der Waals surface area contributed by atoms with E-state index < -0.39 is 0 Å². The molecule has 0 bridgehead atoms. The molecule has 1 unspecified atom stereocenters. The highest BCUT2D eigenvalue weighted by Gasteiger charge is 2.08. The summed E-state index contributed by atoms with van der Waals surface area (Å²) in [6.45, 7) is 10.5. The van der Waals surface area contributed by atoms with Gasteiger partial charge < -0.3 is 15.3 Å². The molecule has 18 heavy (non-hydrogen) atoms. The molecule has 3 heteroatoms. The Morgan fingerprint density at radius 1 is 1.28 bits per heavy atom. The minimum Gasteiger partial charge on any atom is -0.390 e. The molecule has 0 spiro atoms. The number of rotatable bonds is 8. The maximum absolute atomic E-state index is 9.91. The highest BCUT2D eigenvalue weighted by atomic mass is 16.3. The van der Waals surface area contributed by atoms with Gasteiger partial charge in [-0.2, -0.15) is 0 Å². The van der Waals surface area contributed by atoms with Crippen molar-refractivity contribution in [2.24, 2.45) is 0 Å². The topological polar surface area (TPSA) is 35.5 Å². The monoisotopic (exact) mass is 250 g/mol. The Morgan fingerprint density at radius 2 is 2.00 bits per heavy atom. The minimum absolute atomic E-state index is 0.297. The summed E-state index contributed by atoms with van der Waals surface area (Å²) >= 11 is 0. The molecule has 0 aliphatic heterocycles. The van der Waals surface area contributed by atoms with Gasteiger partial charge in [0, 0.05) is 19.6 Å². The van der Waals surface area contributed by atoms with Crippen LogP contribution in [0.3, 0.4) is 0 Å². The summed E-state index contributed by atoms with van der Waals surface area (Å²) in [6.07, 6.45) is -0.297.